The summed E-state index contributed by atoms with van der Waals surface area (Å²) in [5.74, 6) is -0.228. The lowest BCUT2D eigenvalue weighted by Gasteiger charge is -2.10. The molecular weight excluding hydrogens is 390 g/mol. The number of halogens is 1. The first-order chi connectivity index (χ1) is 13.8. The molecule has 0 radical (unpaired) electrons. The number of hydrogen-bond donors (Lipinski definition) is 1. The number of aryl methyl sites for hydroxylation is 2. The molecule has 0 unspecified atom stereocenters. The van der Waals surface area contributed by atoms with Crippen molar-refractivity contribution < 1.29 is 4.79 Å². The Balaban J connectivity index is 1.89. The van der Waals surface area contributed by atoms with Gasteiger partial charge >= 0.3 is 0 Å². The lowest BCUT2D eigenvalue weighted by molar-refractivity contribution is -0.121. The smallest absolute Gasteiger partial charge is 0.276 e. The summed E-state index contributed by atoms with van der Waals surface area (Å²) in [6.45, 7) is 5.66. The van der Waals surface area contributed by atoms with Gasteiger partial charge in [0.05, 0.1) is 11.6 Å². The van der Waals surface area contributed by atoms with Crippen molar-refractivity contribution in [2.75, 3.05) is 27.2 Å². The maximum absolute atomic E-state index is 13.0. The number of fused-ring (bicyclic) bond motifs is 1. The fourth-order valence-electron chi connectivity index (χ4n) is 3.42. The Labute approximate surface area is 174 Å². The maximum atomic E-state index is 13.0. The predicted molar refractivity (Wildman–Crippen MR) is 116 cm³/mol. The van der Waals surface area contributed by atoms with Crippen molar-refractivity contribution in [2.24, 2.45) is 0 Å². The van der Waals surface area contributed by atoms with E-state index < -0.39 is 0 Å². The number of carbonyl (C=O) groups is 1. The number of hydrogen-bond acceptors (Lipinski definition) is 4. The van der Waals surface area contributed by atoms with E-state index in [4.69, 9.17) is 11.6 Å². The van der Waals surface area contributed by atoms with Crippen LogP contribution in [-0.2, 0) is 17.9 Å². The normalized spacial score (nSPS) is 11.4. The van der Waals surface area contributed by atoms with E-state index in [9.17, 15) is 9.59 Å². The van der Waals surface area contributed by atoms with Crippen molar-refractivity contribution >= 4 is 28.3 Å². The van der Waals surface area contributed by atoms with Gasteiger partial charge in [-0.3, -0.25) is 9.59 Å². The molecule has 0 aliphatic rings. The van der Waals surface area contributed by atoms with E-state index in [1.807, 2.05) is 57.1 Å². The van der Waals surface area contributed by atoms with Gasteiger partial charge in [0.25, 0.3) is 5.56 Å². The highest BCUT2D eigenvalue weighted by atomic mass is 35.5. The molecule has 0 aliphatic heterocycles. The van der Waals surface area contributed by atoms with Crippen molar-refractivity contribution in [3.63, 3.8) is 0 Å². The molecule has 3 aromatic rings. The molecule has 154 valence electrons. The molecule has 1 N–H and O–H groups in total. The van der Waals surface area contributed by atoms with Crippen molar-refractivity contribution in [3.8, 4) is 0 Å². The molecule has 0 saturated carbocycles. The Bertz CT molecular complexity index is 1100. The van der Waals surface area contributed by atoms with Crippen LogP contribution in [0.5, 0.6) is 0 Å². The van der Waals surface area contributed by atoms with Crippen LogP contribution in [0.4, 0.5) is 0 Å². The Hall–Kier alpha value is -2.64. The number of likely N-dealkylation sites (N-methyl/N-ethyl adjacent to an activating group) is 1. The zero-order chi connectivity index (χ0) is 21.1. The first kappa shape index (κ1) is 21.1. The summed E-state index contributed by atoms with van der Waals surface area (Å²) < 4.78 is 3.31. The van der Waals surface area contributed by atoms with Crippen LogP contribution in [0.3, 0.4) is 0 Å². The third-order valence-corrected chi connectivity index (χ3v) is 5.24. The van der Waals surface area contributed by atoms with Crippen molar-refractivity contribution in [1.82, 2.24) is 24.6 Å². The molecule has 0 aliphatic carbocycles. The second-order valence-corrected chi connectivity index (χ2v) is 7.87. The third-order valence-electron chi connectivity index (χ3n) is 5.01. The number of amides is 1. The van der Waals surface area contributed by atoms with E-state index in [0.29, 0.717) is 23.5 Å². The molecule has 3 rings (SSSR count). The van der Waals surface area contributed by atoms with Gasteiger partial charge in [-0.05, 0) is 45.6 Å². The zero-order valence-electron chi connectivity index (χ0n) is 17.2. The van der Waals surface area contributed by atoms with Crippen LogP contribution in [0.15, 0.2) is 35.3 Å². The van der Waals surface area contributed by atoms with Crippen LogP contribution in [0.1, 0.15) is 17.0 Å². The van der Waals surface area contributed by atoms with Gasteiger partial charge in [-0.1, -0.05) is 23.7 Å². The van der Waals surface area contributed by atoms with Crippen LogP contribution in [0.2, 0.25) is 5.02 Å². The van der Waals surface area contributed by atoms with Gasteiger partial charge in [0.15, 0.2) is 0 Å². The largest absolute Gasteiger partial charge is 0.353 e. The first-order valence-corrected chi connectivity index (χ1v) is 9.87. The average molecular weight is 416 g/mol. The fraction of sp³-hybridized carbons (Fsp3) is 0.381. The monoisotopic (exact) mass is 415 g/mol. The quantitative estimate of drug-likeness (QED) is 0.642. The highest BCUT2D eigenvalue weighted by Gasteiger charge is 2.17. The van der Waals surface area contributed by atoms with Crippen molar-refractivity contribution in [3.05, 3.63) is 62.8 Å². The minimum atomic E-state index is -0.254. The molecule has 8 heteroatoms. The minimum absolute atomic E-state index is 0.0971. The summed E-state index contributed by atoms with van der Waals surface area (Å²) in [4.78, 5) is 27.2. The Morgan fingerprint density at radius 3 is 2.69 bits per heavy atom. The standard InChI is InChI=1S/C21H26ClN5O2/c1-14-18-11-24-27(13-19(28)23-8-9-25(3)4)21(29)20(18)15(2)26(14)12-16-6-5-7-17(22)10-16/h5-7,10-11H,8-9,12-13H2,1-4H3,(H,23,28). The number of carbonyl (C=O) groups excluding carboxylic acids is 1. The number of benzene rings is 1. The third kappa shape index (κ3) is 4.68. The zero-order valence-corrected chi connectivity index (χ0v) is 18.0. The lowest BCUT2D eigenvalue weighted by atomic mass is 10.2. The molecule has 0 atom stereocenters. The van der Waals surface area contributed by atoms with E-state index in [2.05, 4.69) is 15.0 Å². The van der Waals surface area contributed by atoms with E-state index in [0.717, 1.165) is 28.9 Å². The molecular formula is C21H26ClN5O2. The summed E-state index contributed by atoms with van der Waals surface area (Å²) in [6.07, 6.45) is 1.67. The van der Waals surface area contributed by atoms with Crippen LogP contribution in [-0.4, -0.2) is 52.3 Å². The van der Waals surface area contributed by atoms with Crippen LogP contribution >= 0.6 is 11.6 Å². The van der Waals surface area contributed by atoms with Gasteiger partial charge in [0.2, 0.25) is 5.91 Å². The molecule has 1 aromatic carbocycles. The summed E-state index contributed by atoms with van der Waals surface area (Å²) in [5.41, 5.74) is 2.62. The van der Waals surface area contributed by atoms with E-state index >= 15 is 0 Å². The van der Waals surface area contributed by atoms with Crippen LogP contribution in [0, 0.1) is 13.8 Å². The Kier molecular flexibility index (Phi) is 6.39. The number of aromatic nitrogens is 3. The van der Waals surface area contributed by atoms with Gasteiger partial charge in [0.1, 0.15) is 6.54 Å². The number of nitrogens with zero attached hydrogens (tertiary/aromatic N) is 4. The first-order valence-electron chi connectivity index (χ1n) is 9.49. The van der Waals surface area contributed by atoms with Gasteiger partial charge in [0, 0.05) is 41.4 Å². The van der Waals surface area contributed by atoms with E-state index in [1.165, 1.54) is 4.68 Å². The molecule has 7 nitrogen and oxygen atoms in total. The molecule has 0 spiro atoms. The maximum Gasteiger partial charge on any atom is 0.276 e. The highest BCUT2D eigenvalue weighted by molar-refractivity contribution is 6.30. The van der Waals surface area contributed by atoms with E-state index in [-0.39, 0.29) is 18.0 Å². The molecule has 1 amide bonds. The molecule has 2 aromatic heterocycles. The van der Waals surface area contributed by atoms with Gasteiger partial charge < -0.3 is 14.8 Å². The summed E-state index contributed by atoms with van der Waals surface area (Å²) >= 11 is 6.10. The van der Waals surface area contributed by atoms with Crippen LogP contribution in [0.25, 0.3) is 10.8 Å². The Morgan fingerprint density at radius 2 is 2.00 bits per heavy atom. The number of nitrogens with one attached hydrogen (secondary N) is 1. The molecule has 29 heavy (non-hydrogen) atoms. The molecule has 0 bridgehead atoms. The van der Waals surface area contributed by atoms with Gasteiger partial charge in [-0.25, -0.2) is 4.68 Å². The highest BCUT2D eigenvalue weighted by Crippen LogP contribution is 2.23. The van der Waals surface area contributed by atoms with Crippen molar-refractivity contribution in [1.29, 1.82) is 0 Å². The topological polar surface area (TPSA) is 72.2 Å². The second kappa shape index (κ2) is 8.80. The summed E-state index contributed by atoms with van der Waals surface area (Å²) in [6, 6.07) is 7.67. The number of rotatable bonds is 7. The van der Waals surface area contributed by atoms with E-state index in [1.54, 1.807) is 6.20 Å². The molecule has 0 fully saturated rings. The predicted octanol–water partition coefficient (Wildman–Crippen LogP) is 2.19. The van der Waals surface area contributed by atoms with Crippen molar-refractivity contribution in [2.45, 2.75) is 26.9 Å². The molecule has 2 heterocycles. The minimum Gasteiger partial charge on any atom is -0.353 e. The lowest BCUT2D eigenvalue weighted by Crippen LogP contribution is -2.36. The second-order valence-electron chi connectivity index (χ2n) is 7.44. The van der Waals surface area contributed by atoms with Crippen LogP contribution < -0.4 is 10.9 Å². The summed E-state index contributed by atoms with van der Waals surface area (Å²) in [5, 5.41) is 9.12. The SMILES string of the molecule is Cc1c2cnn(CC(=O)NCCN(C)C)c(=O)c2c(C)n1Cc1cccc(Cl)c1. The van der Waals surface area contributed by atoms with Gasteiger partial charge in [-0.2, -0.15) is 5.10 Å². The summed E-state index contributed by atoms with van der Waals surface area (Å²) in [7, 11) is 3.87. The molecule has 0 saturated heterocycles. The fourth-order valence-corrected chi connectivity index (χ4v) is 3.64. The Morgan fingerprint density at radius 1 is 1.24 bits per heavy atom. The van der Waals surface area contributed by atoms with Gasteiger partial charge in [-0.15, -0.1) is 0 Å². The average Bonchev–Trinajstić information content (AvgIpc) is 2.89.